The summed E-state index contributed by atoms with van der Waals surface area (Å²) in [6.07, 6.45) is 3.66. The number of anilines is 1. The molecule has 1 fully saturated rings. The van der Waals surface area contributed by atoms with Gasteiger partial charge in [-0.05, 0) is 32.3 Å². The van der Waals surface area contributed by atoms with Crippen molar-refractivity contribution in [3.63, 3.8) is 0 Å². The summed E-state index contributed by atoms with van der Waals surface area (Å²) in [6.45, 7) is 2.05. The lowest BCUT2D eigenvalue weighted by Gasteiger charge is -2.29. The molecule has 30 heavy (non-hydrogen) atoms. The molecular formula is C20H20F3N5O2. The molecule has 0 aromatic carbocycles. The molecule has 2 atom stereocenters. The minimum atomic E-state index is -0.916. The number of H-pyrrole nitrogens is 1. The Morgan fingerprint density at radius 1 is 1.27 bits per heavy atom. The van der Waals surface area contributed by atoms with E-state index in [0.29, 0.717) is 25.9 Å². The zero-order valence-electron chi connectivity index (χ0n) is 16.2. The largest absolute Gasteiger partial charge is 0.466 e. The van der Waals surface area contributed by atoms with E-state index in [1.807, 2.05) is 0 Å². The fourth-order valence-electron chi connectivity index (χ4n) is 3.79. The van der Waals surface area contributed by atoms with Gasteiger partial charge in [0.1, 0.15) is 11.5 Å². The summed E-state index contributed by atoms with van der Waals surface area (Å²) in [4.78, 5) is 20.0. The number of halogens is 3. The first kappa shape index (κ1) is 20.1. The van der Waals surface area contributed by atoms with Crippen LogP contribution >= 0.6 is 0 Å². The predicted molar refractivity (Wildman–Crippen MR) is 103 cm³/mol. The number of carbonyl (C=O) groups excluding carboxylic acids is 1. The number of ether oxygens (including phenoxy) is 1. The number of carbonyl (C=O) groups is 1. The highest BCUT2D eigenvalue weighted by atomic mass is 19.1. The summed E-state index contributed by atoms with van der Waals surface area (Å²) >= 11 is 0. The van der Waals surface area contributed by atoms with Gasteiger partial charge in [0.25, 0.3) is 0 Å². The third-order valence-corrected chi connectivity index (χ3v) is 5.18. The summed E-state index contributed by atoms with van der Waals surface area (Å²) in [5, 5.41) is 9.72. The first-order valence-electron chi connectivity index (χ1n) is 9.75. The zero-order valence-corrected chi connectivity index (χ0v) is 16.2. The van der Waals surface area contributed by atoms with Gasteiger partial charge in [0.2, 0.25) is 0 Å². The van der Waals surface area contributed by atoms with Crippen LogP contribution in [0, 0.1) is 23.4 Å². The molecule has 1 aliphatic rings. The molecule has 0 bridgehead atoms. The van der Waals surface area contributed by atoms with Crippen molar-refractivity contribution < 1.29 is 22.7 Å². The number of aromatic nitrogens is 4. The second-order valence-electron chi connectivity index (χ2n) is 7.23. The van der Waals surface area contributed by atoms with Crippen LogP contribution in [0.25, 0.3) is 22.4 Å². The number of nitrogens with one attached hydrogen (secondary N) is 2. The molecule has 0 radical (unpaired) electrons. The van der Waals surface area contributed by atoms with Gasteiger partial charge >= 0.3 is 5.97 Å². The summed E-state index contributed by atoms with van der Waals surface area (Å²) in [7, 11) is 0. The number of rotatable bonds is 5. The second-order valence-corrected chi connectivity index (χ2v) is 7.23. The monoisotopic (exact) mass is 419 g/mol. The number of fused-ring (bicyclic) bond motifs is 1. The molecule has 3 aromatic heterocycles. The molecule has 1 aliphatic carbocycles. The van der Waals surface area contributed by atoms with Crippen LogP contribution < -0.4 is 5.32 Å². The third-order valence-electron chi connectivity index (χ3n) is 5.18. The normalized spacial score (nSPS) is 19.1. The van der Waals surface area contributed by atoms with Crippen molar-refractivity contribution in [2.75, 3.05) is 11.9 Å². The lowest BCUT2D eigenvalue weighted by Crippen LogP contribution is -2.32. The maximum absolute atomic E-state index is 14.5. The van der Waals surface area contributed by atoms with Crippen molar-refractivity contribution in [3.8, 4) is 11.4 Å². The molecule has 1 saturated carbocycles. The Kier molecular flexibility index (Phi) is 5.56. The van der Waals surface area contributed by atoms with E-state index in [1.165, 1.54) is 0 Å². The van der Waals surface area contributed by atoms with Crippen molar-refractivity contribution in [1.82, 2.24) is 20.2 Å². The lowest BCUT2D eigenvalue weighted by atomic mass is 9.85. The number of hydrogen-bond donors (Lipinski definition) is 2. The molecule has 0 spiro atoms. The van der Waals surface area contributed by atoms with Crippen molar-refractivity contribution in [2.45, 2.75) is 38.6 Å². The van der Waals surface area contributed by atoms with Crippen LogP contribution in [-0.4, -0.2) is 38.8 Å². The van der Waals surface area contributed by atoms with Crippen LogP contribution in [0.3, 0.4) is 0 Å². The van der Waals surface area contributed by atoms with E-state index < -0.39 is 17.5 Å². The molecule has 0 saturated heterocycles. The van der Waals surface area contributed by atoms with E-state index in [4.69, 9.17) is 4.74 Å². The Hall–Kier alpha value is -3.17. The van der Waals surface area contributed by atoms with Gasteiger partial charge in [-0.3, -0.25) is 9.89 Å². The molecule has 4 rings (SSSR count). The van der Waals surface area contributed by atoms with Gasteiger partial charge in [-0.2, -0.15) is 5.10 Å². The fraction of sp³-hybridized carbons (Fsp3) is 0.400. The zero-order chi connectivity index (χ0) is 21.3. The average molecular weight is 419 g/mol. The van der Waals surface area contributed by atoms with Crippen LogP contribution in [0.15, 0.2) is 18.3 Å². The minimum Gasteiger partial charge on any atom is -0.466 e. The highest BCUT2D eigenvalue weighted by molar-refractivity contribution is 5.89. The van der Waals surface area contributed by atoms with Gasteiger partial charge in [-0.25, -0.2) is 23.1 Å². The molecule has 0 amide bonds. The Morgan fingerprint density at radius 3 is 2.90 bits per heavy atom. The molecule has 3 heterocycles. The van der Waals surface area contributed by atoms with E-state index in [-0.39, 0.29) is 46.2 Å². The van der Waals surface area contributed by atoms with Gasteiger partial charge in [0.15, 0.2) is 23.1 Å². The summed E-state index contributed by atoms with van der Waals surface area (Å²) in [5.41, 5.74) is 0.0909. The van der Waals surface area contributed by atoms with Gasteiger partial charge in [0.05, 0.1) is 29.8 Å². The smallest absolute Gasteiger partial charge is 0.308 e. The van der Waals surface area contributed by atoms with Crippen LogP contribution in [0.1, 0.15) is 32.6 Å². The maximum atomic E-state index is 14.5. The first-order valence-corrected chi connectivity index (χ1v) is 9.75. The second kappa shape index (κ2) is 8.29. The van der Waals surface area contributed by atoms with E-state index >= 15 is 0 Å². The SMILES string of the molecule is CCOC(=O)[C@@H]1CCC[C@H](Nc2nc(-c3[nH]nc4ncc(F)cc34)c(F)cc2F)C1. The van der Waals surface area contributed by atoms with Crippen molar-refractivity contribution in [2.24, 2.45) is 5.92 Å². The van der Waals surface area contributed by atoms with Crippen molar-refractivity contribution >= 4 is 22.8 Å². The number of nitrogens with zero attached hydrogens (tertiary/aromatic N) is 3. The molecule has 7 nitrogen and oxygen atoms in total. The molecule has 0 aliphatic heterocycles. The molecule has 0 unspecified atom stereocenters. The highest BCUT2D eigenvalue weighted by Gasteiger charge is 2.29. The quantitative estimate of drug-likeness (QED) is 0.608. The lowest BCUT2D eigenvalue weighted by molar-refractivity contribution is -0.149. The molecule has 2 N–H and O–H groups in total. The average Bonchev–Trinajstić information content (AvgIpc) is 3.13. The van der Waals surface area contributed by atoms with Crippen molar-refractivity contribution in [1.29, 1.82) is 0 Å². The van der Waals surface area contributed by atoms with Gasteiger partial charge in [0, 0.05) is 12.1 Å². The Labute approximate surface area is 170 Å². The van der Waals surface area contributed by atoms with E-state index in [0.717, 1.165) is 24.8 Å². The Bertz CT molecular complexity index is 1090. The van der Waals surface area contributed by atoms with Crippen LogP contribution in [0.4, 0.5) is 19.0 Å². The Morgan fingerprint density at radius 2 is 2.10 bits per heavy atom. The molecular weight excluding hydrogens is 399 g/mol. The van der Waals surface area contributed by atoms with E-state index in [2.05, 4.69) is 25.5 Å². The topological polar surface area (TPSA) is 92.8 Å². The van der Waals surface area contributed by atoms with Gasteiger partial charge in [-0.1, -0.05) is 6.42 Å². The first-order chi connectivity index (χ1) is 14.5. The minimum absolute atomic E-state index is 0.102. The fourth-order valence-corrected chi connectivity index (χ4v) is 3.79. The highest BCUT2D eigenvalue weighted by Crippen LogP contribution is 2.31. The van der Waals surface area contributed by atoms with E-state index in [9.17, 15) is 18.0 Å². The van der Waals surface area contributed by atoms with Crippen LogP contribution in [0.5, 0.6) is 0 Å². The van der Waals surface area contributed by atoms with Crippen LogP contribution in [0.2, 0.25) is 0 Å². The number of aromatic amines is 1. The molecule has 10 heteroatoms. The summed E-state index contributed by atoms with van der Waals surface area (Å²) in [6, 6.07) is 1.66. The van der Waals surface area contributed by atoms with E-state index in [1.54, 1.807) is 6.92 Å². The summed E-state index contributed by atoms with van der Waals surface area (Å²) in [5.74, 6) is -3.07. The summed E-state index contributed by atoms with van der Waals surface area (Å²) < 4.78 is 47.6. The maximum Gasteiger partial charge on any atom is 0.308 e. The van der Waals surface area contributed by atoms with Gasteiger partial charge < -0.3 is 10.1 Å². The number of hydrogen-bond acceptors (Lipinski definition) is 6. The molecule has 3 aromatic rings. The standard InChI is InChI=1S/C20H20F3N5O2/c1-2-30-20(29)10-4-3-5-12(6-10)25-19-15(23)8-14(22)17(26-19)16-13-7-11(21)9-24-18(13)28-27-16/h7-10,12H,2-6H2,1H3,(H,25,26)(H,24,27,28)/t10-,12+/m1/s1. The molecule has 158 valence electrons. The van der Waals surface area contributed by atoms with Crippen molar-refractivity contribution in [3.05, 3.63) is 35.8 Å². The predicted octanol–water partition coefficient (Wildman–Crippen LogP) is 3.97. The Balaban J connectivity index is 1.62. The third kappa shape index (κ3) is 3.94. The van der Waals surface area contributed by atoms with Crippen LogP contribution in [-0.2, 0) is 9.53 Å². The number of pyridine rings is 2. The van der Waals surface area contributed by atoms with Gasteiger partial charge in [-0.15, -0.1) is 0 Å². The number of esters is 1.